The molecule has 136 valence electrons. The summed E-state index contributed by atoms with van der Waals surface area (Å²) in [6.07, 6.45) is 5.68. The van der Waals surface area contributed by atoms with Crippen LogP contribution >= 0.6 is 0 Å². The summed E-state index contributed by atoms with van der Waals surface area (Å²) >= 11 is 0. The number of halogens is 1. The van der Waals surface area contributed by atoms with E-state index in [1.165, 1.54) is 30.9 Å². The Morgan fingerprint density at radius 3 is 2.35 bits per heavy atom. The van der Waals surface area contributed by atoms with Gasteiger partial charge in [-0.3, -0.25) is 4.79 Å². The number of hydrogen-bond donors (Lipinski definition) is 2. The Kier molecular flexibility index (Phi) is 5.02. The van der Waals surface area contributed by atoms with Crippen molar-refractivity contribution in [3.05, 3.63) is 71.5 Å². The number of quaternary nitrogens is 1. The van der Waals surface area contributed by atoms with Crippen molar-refractivity contribution in [1.82, 2.24) is 5.32 Å². The van der Waals surface area contributed by atoms with E-state index < -0.39 is 5.82 Å². The van der Waals surface area contributed by atoms with Crippen molar-refractivity contribution in [1.29, 1.82) is 0 Å². The van der Waals surface area contributed by atoms with Gasteiger partial charge < -0.3 is 10.2 Å². The molecule has 2 aliphatic rings. The average Bonchev–Trinajstić information content (AvgIpc) is 2.63. The number of benzene rings is 2. The smallest absolute Gasteiger partial charge is 0.254 e. The largest absolute Gasteiger partial charge is 0.349 e. The van der Waals surface area contributed by atoms with E-state index in [4.69, 9.17) is 0 Å². The highest BCUT2D eigenvalue weighted by Crippen LogP contribution is 2.23. The Hall–Kier alpha value is -2.20. The van der Waals surface area contributed by atoms with Gasteiger partial charge in [-0.1, -0.05) is 42.5 Å². The maximum Gasteiger partial charge on any atom is 0.254 e. The molecule has 0 spiro atoms. The normalized spacial score (nSPS) is 27.7. The molecule has 26 heavy (non-hydrogen) atoms. The number of carbonyl (C=O) groups is 1. The molecule has 2 aromatic carbocycles. The standard InChI is InChI=1S/C22H25FN2O/c23-21-12-5-4-11-20(21)22(26)24-17-13-18-9-6-10-19(14-17)25(18)15-16-7-2-1-3-8-16/h1-5,7-8,11-12,17-19H,6,9-10,13-15H2,(H,24,26)/p+1/t17?,18-,19+. The van der Waals surface area contributed by atoms with Gasteiger partial charge in [-0.2, -0.15) is 0 Å². The molecule has 2 aliphatic heterocycles. The molecule has 0 radical (unpaired) electrons. The molecule has 2 aromatic rings. The molecule has 2 fully saturated rings. The van der Waals surface area contributed by atoms with E-state index in [0.717, 1.165) is 19.4 Å². The summed E-state index contributed by atoms with van der Waals surface area (Å²) in [5, 5.41) is 3.10. The van der Waals surface area contributed by atoms with Crippen LogP contribution < -0.4 is 10.2 Å². The van der Waals surface area contributed by atoms with Crippen LogP contribution in [0.2, 0.25) is 0 Å². The lowest BCUT2D eigenvalue weighted by atomic mass is 9.81. The number of nitrogens with one attached hydrogen (secondary N) is 2. The second-order valence-electron chi connectivity index (χ2n) is 7.68. The second kappa shape index (κ2) is 7.58. The van der Waals surface area contributed by atoms with Gasteiger partial charge in [-0.05, 0) is 31.4 Å². The summed E-state index contributed by atoms with van der Waals surface area (Å²) in [6, 6.07) is 18.2. The molecule has 2 N–H and O–H groups in total. The number of fused-ring (bicyclic) bond motifs is 2. The van der Waals surface area contributed by atoms with Gasteiger partial charge in [0.15, 0.2) is 0 Å². The second-order valence-corrected chi connectivity index (χ2v) is 7.68. The van der Waals surface area contributed by atoms with E-state index in [2.05, 4.69) is 35.6 Å². The third-order valence-corrected chi connectivity index (χ3v) is 6.00. The third-order valence-electron chi connectivity index (χ3n) is 6.00. The average molecular weight is 353 g/mol. The van der Waals surface area contributed by atoms with Crippen molar-refractivity contribution in [3.8, 4) is 0 Å². The van der Waals surface area contributed by atoms with Gasteiger partial charge in [0.05, 0.1) is 17.6 Å². The number of carbonyl (C=O) groups excluding carboxylic acids is 1. The quantitative estimate of drug-likeness (QED) is 0.871. The van der Waals surface area contributed by atoms with Crippen molar-refractivity contribution < 1.29 is 14.1 Å². The summed E-state index contributed by atoms with van der Waals surface area (Å²) in [5.41, 5.74) is 1.53. The molecule has 3 nitrogen and oxygen atoms in total. The predicted octanol–water partition coefficient (Wildman–Crippen LogP) is 2.72. The summed E-state index contributed by atoms with van der Waals surface area (Å²) < 4.78 is 13.9. The highest BCUT2D eigenvalue weighted by Gasteiger charge is 2.42. The minimum atomic E-state index is -0.447. The fraction of sp³-hybridized carbons (Fsp3) is 0.409. The molecule has 0 aliphatic carbocycles. The van der Waals surface area contributed by atoms with Crippen LogP contribution in [0.25, 0.3) is 0 Å². The van der Waals surface area contributed by atoms with E-state index in [-0.39, 0.29) is 17.5 Å². The molecule has 0 saturated carbocycles. The van der Waals surface area contributed by atoms with E-state index in [0.29, 0.717) is 12.1 Å². The Morgan fingerprint density at radius 1 is 1.00 bits per heavy atom. The molecule has 4 rings (SSSR count). The predicted molar refractivity (Wildman–Crippen MR) is 99.4 cm³/mol. The first-order valence-electron chi connectivity index (χ1n) is 9.65. The molecular formula is C22H26FN2O+. The molecular weight excluding hydrogens is 327 g/mol. The number of piperidine rings is 2. The molecule has 2 heterocycles. The molecule has 2 bridgehead atoms. The summed E-state index contributed by atoms with van der Waals surface area (Å²) in [4.78, 5) is 14.1. The summed E-state index contributed by atoms with van der Waals surface area (Å²) in [7, 11) is 0. The van der Waals surface area contributed by atoms with Gasteiger partial charge in [0.2, 0.25) is 0 Å². The first kappa shape index (κ1) is 17.2. The van der Waals surface area contributed by atoms with E-state index in [1.54, 1.807) is 23.1 Å². The van der Waals surface area contributed by atoms with Gasteiger partial charge in [0.25, 0.3) is 5.91 Å². The zero-order valence-electron chi connectivity index (χ0n) is 15.0. The minimum Gasteiger partial charge on any atom is -0.349 e. The van der Waals surface area contributed by atoms with Crippen molar-refractivity contribution in [2.75, 3.05) is 0 Å². The zero-order chi connectivity index (χ0) is 17.9. The lowest BCUT2D eigenvalue weighted by Gasteiger charge is -2.46. The Bertz CT molecular complexity index is 750. The van der Waals surface area contributed by atoms with Gasteiger partial charge in [0.1, 0.15) is 12.4 Å². The number of hydrogen-bond acceptors (Lipinski definition) is 1. The van der Waals surface area contributed by atoms with Crippen LogP contribution in [0.3, 0.4) is 0 Å². The zero-order valence-corrected chi connectivity index (χ0v) is 15.0. The maximum atomic E-state index is 13.9. The Morgan fingerprint density at radius 2 is 1.65 bits per heavy atom. The Balaban J connectivity index is 1.43. The highest BCUT2D eigenvalue weighted by atomic mass is 19.1. The first-order valence-corrected chi connectivity index (χ1v) is 9.65. The van der Waals surface area contributed by atoms with Gasteiger partial charge >= 0.3 is 0 Å². The van der Waals surface area contributed by atoms with Crippen LogP contribution in [0.15, 0.2) is 54.6 Å². The van der Waals surface area contributed by atoms with Crippen LogP contribution in [0.1, 0.15) is 48.0 Å². The Labute approximate surface area is 154 Å². The highest BCUT2D eigenvalue weighted by molar-refractivity contribution is 5.94. The summed E-state index contributed by atoms with van der Waals surface area (Å²) in [5.74, 6) is -0.727. The molecule has 1 amide bonds. The molecule has 4 heteroatoms. The molecule has 0 aromatic heterocycles. The van der Waals surface area contributed by atoms with Crippen LogP contribution in [0.5, 0.6) is 0 Å². The van der Waals surface area contributed by atoms with E-state index >= 15 is 0 Å². The van der Waals surface area contributed by atoms with E-state index in [1.807, 2.05) is 0 Å². The van der Waals surface area contributed by atoms with Crippen LogP contribution in [0, 0.1) is 5.82 Å². The SMILES string of the molecule is O=C(NC1C[C@H]2CCC[C@@H](C1)[NH+]2Cc1ccccc1)c1ccccc1F. The topological polar surface area (TPSA) is 33.5 Å². The van der Waals surface area contributed by atoms with E-state index in [9.17, 15) is 9.18 Å². The molecule has 4 atom stereocenters. The first-order chi connectivity index (χ1) is 12.7. The van der Waals surface area contributed by atoms with Crippen LogP contribution in [-0.2, 0) is 6.54 Å². The minimum absolute atomic E-state index is 0.150. The fourth-order valence-corrected chi connectivity index (χ4v) is 4.78. The monoisotopic (exact) mass is 353 g/mol. The maximum absolute atomic E-state index is 13.9. The van der Waals surface area contributed by atoms with Gasteiger partial charge in [-0.15, -0.1) is 0 Å². The number of amides is 1. The number of rotatable bonds is 4. The lowest BCUT2D eigenvalue weighted by molar-refractivity contribution is -0.973. The van der Waals surface area contributed by atoms with Crippen molar-refractivity contribution in [3.63, 3.8) is 0 Å². The van der Waals surface area contributed by atoms with Crippen molar-refractivity contribution in [2.45, 2.75) is 56.8 Å². The van der Waals surface area contributed by atoms with Gasteiger partial charge in [0, 0.05) is 24.4 Å². The van der Waals surface area contributed by atoms with Crippen LogP contribution in [-0.4, -0.2) is 24.0 Å². The van der Waals surface area contributed by atoms with Crippen LogP contribution in [0.4, 0.5) is 4.39 Å². The molecule has 2 saturated heterocycles. The lowest BCUT2D eigenvalue weighted by Crippen LogP contribution is -3.20. The van der Waals surface area contributed by atoms with Gasteiger partial charge in [-0.25, -0.2) is 4.39 Å². The summed E-state index contributed by atoms with van der Waals surface area (Å²) in [6.45, 7) is 1.06. The molecule has 2 unspecified atom stereocenters. The van der Waals surface area contributed by atoms with Crippen molar-refractivity contribution in [2.24, 2.45) is 0 Å². The fourth-order valence-electron chi connectivity index (χ4n) is 4.78. The third kappa shape index (κ3) is 3.65. The van der Waals surface area contributed by atoms with Crippen molar-refractivity contribution >= 4 is 5.91 Å².